The third kappa shape index (κ3) is 3.63. The minimum absolute atomic E-state index is 0.428. The molecule has 0 saturated heterocycles. The molecular weight excluding hydrogens is 328 g/mol. The van der Waals surface area contributed by atoms with Gasteiger partial charge in [-0.3, -0.25) is 4.99 Å². The van der Waals surface area contributed by atoms with E-state index in [1.165, 1.54) is 0 Å². The summed E-state index contributed by atoms with van der Waals surface area (Å²) < 4.78 is 16.6. The Kier molecular flexibility index (Phi) is 5.71. The van der Waals surface area contributed by atoms with Crippen molar-refractivity contribution in [2.75, 3.05) is 20.0 Å². The summed E-state index contributed by atoms with van der Waals surface area (Å²) >= 11 is 6.04. The van der Waals surface area contributed by atoms with Crippen molar-refractivity contribution in [1.29, 1.82) is 0 Å². The fourth-order valence-electron chi connectivity index (χ4n) is 2.16. The highest BCUT2D eigenvalue weighted by molar-refractivity contribution is 6.33. The van der Waals surface area contributed by atoms with Gasteiger partial charge in [-0.15, -0.1) is 0 Å². The van der Waals surface area contributed by atoms with Crippen LogP contribution in [0.25, 0.3) is 5.76 Å². The number of ether oxygens (including phenoxy) is 3. The van der Waals surface area contributed by atoms with E-state index in [1.807, 2.05) is 13.0 Å². The Balaban J connectivity index is 2.46. The molecule has 2 rings (SSSR count). The Bertz CT molecular complexity index is 788. The molecule has 2 aromatic carbocycles. The fourth-order valence-corrected chi connectivity index (χ4v) is 2.33. The summed E-state index contributed by atoms with van der Waals surface area (Å²) in [7, 11) is 3.13. The number of allylic oxidation sites excluding steroid dienone is 1. The maximum absolute atomic E-state index is 6.04. The molecule has 0 unspecified atom stereocenters. The van der Waals surface area contributed by atoms with Crippen LogP contribution in [-0.2, 0) is 0 Å². The number of hydrogen-bond acceptors (Lipinski definition) is 5. The first kappa shape index (κ1) is 17.7. The molecule has 5 nitrogen and oxygen atoms in total. The summed E-state index contributed by atoms with van der Waals surface area (Å²) in [6.07, 6.45) is 1.82. The predicted molar refractivity (Wildman–Crippen MR) is 98.9 cm³/mol. The van der Waals surface area contributed by atoms with E-state index in [9.17, 15) is 0 Å². The van der Waals surface area contributed by atoms with Crippen LogP contribution in [0.1, 0.15) is 12.5 Å². The van der Waals surface area contributed by atoms with E-state index in [0.717, 1.165) is 5.56 Å². The first-order chi connectivity index (χ1) is 11.5. The largest absolute Gasteiger partial charge is 0.493 e. The molecule has 0 radical (unpaired) electrons. The molecule has 0 amide bonds. The SMILES string of the molecule is C=Nc1cc(OC)c(OC)cc1/C(=C\C)Oc1ccc(N)c(Cl)c1. The van der Waals surface area contributed by atoms with E-state index in [-0.39, 0.29) is 0 Å². The van der Waals surface area contributed by atoms with Crippen LogP contribution in [0.2, 0.25) is 5.02 Å². The Hall–Kier alpha value is -2.66. The number of methoxy groups -OCH3 is 2. The Morgan fingerprint density at radius 2 is 1.83 bits per heavy atom. The van der Waals surface area contributed by atoms with Gasteiger partial charge in [0, 0.05) is 17.7 Å². The minimum atomic E-state index is 0.428. The van der Waals surface area contributed by atoms with Gasteiger partial charge in [0.1, 0.15) is 11.5 Å². The average molecular weight is 347 g/mol. The van der Waals surface area contributed by atoms with Crippen LogP contribution in [0.15, 0.2) is 41.4 Å². The Morgan fingerprint density at radius 3 is 2.38 bits per heavy atom. The number of rotatable bonds is 6. The first-order valence-corrected chi connectivity index (χ1v) is 7.54. The number of nitrogen functional groups attached to an aromatic ring is 1. The van der Waals surface area contributed by atoms with E-state index in [1.54, 1.807) is 44.6 Å². The van der Waals surface area contributed by atoms with Crippen molar-refractivity contribution in [1.82, 2.24) is 0 Å². The van der Waals surface area contributed by atoms with Gasteiger partial charge in [-0.05, 0) is 37.9 Å². The zero-order valence-electron chi connectivity index (χ0n) is 13.8. The van der Waals surface area contributed by atoms with Gasteiger partial charge in [0.05, 0.1) is 30.6 Å². The van der Waals surface area contributed by atoms with Crippen LogP contribution in [0.3, 0.4) is 0 Å². The molecule has 0 aromatic heterocycles. The van der Waals surface area contributed by atoms with E-state index in [0.29, 0.717) is 39.4 Å². The van der Waals surface area contributed by atoms with Crippen molar-refractivity contribution in [3.63, 3.8) is 0 Å². The lowest BCUT2D eigenvalue weighted by Gasteiger charge is -2.16. The summed E-state index contributed by atoms with van der Waals surface area (Å²) in [6.45, 7) is 5.46. The highest BCUT2D eigenvalue weighted by Crippen LogP contribution is 2.39. The van der Waals surface area contributed by atoms with Gasteiger partial charge in [-0.1, -0.05) is 11.6 Å². The lowest BCUT2D eigenvalue weighted by Crippen LogP contribution is -1.99. The van der Waals surface area contributed by atoms with E-state index in [2.05, 4.69) is 11.7 Å². The number of nitrogens with two attached hydrogens (primary N) is 1. The molecular formula is C18H19ClN2O3. The number of benzene rings is 2. The van der Waals surface area contributed by atoms with Crippen LogP contribution >= 0.6 is 11.6 Å². The second-order valence-electron chi connectivity index (χ2n) is 4.82. The normalized spacial score (nSPS) is 11.1. The lowest BCUT2D eigenvalue weighted by atomic mass is 10.1. The van der Waals surface area contributed by atoms with Gasteiger partial charge in [0.2, 0.25) is 0 Å². The number of aliphatic imine (C=N–C) groups is 1. The summed E-state index contributed by atoms with van der Waals surface area (Å²) in [4.78, 5) is 4.04. The molecule has 0 fully saturated rings. The summed E-state index contributed by atoms with van der Waals surface area (Å²) in [5, 5.41) is 0.428. The third-order valence-electron chi connectivity index (χ3n) is 3.40. The zero-order chi connectivity index (χ0) is 17.7. The molecule has 0 aliphatic heterocycles. The van der Waals surface area contributed by atoms with Crippen molar-refractivity contribution in [2.45, 2.75) is 6.92 Å². The predicted octanol–water partition coefficient (Wildman–Crippen LogP) is 4.71. The molecule has 0 aliphatic rings. The lowest BCUT2D eigenvalue weighted by molar-refractivity contribution is 0.355. The third-order valence-corrected chi connectivity index (χ3v) is 3.73. The highest BCUT2D eigenvalue weighted by Gasteiger charge is 2.15. The molecule has 0 heterocycles. The summed E-state index contributed by atoms with van der Waals surface area (Å²) in [5.41, 5.74) is 7.55. The smallest absolute Gasteiger partial charge is 0.162 e. The number of anilines is 1. The molecule has 2 aromatic rings. The van der Waals surface area contributed by atoms with Gasteiger partial charge in [-0.2, -0.15) is 0 Å². The molecule has 2 N–H and O–H groups in total. The maximum Gasteiger partial charge on any atom is 0.162 e. The summed E-state index contributed by atoms with van der Waals surface area (Å²) in [6, 6.07) is 8.61. The molecule has 126 valence electrons. The van der Waals surface area contributed by atoms with Crippen molar-refractivity contribution >= 4 is 35.5 Å². The van der Waals surface area contributed by atoms with E-state index >= 15 is 0 Å². The molecule has 0 saturated carbocycles. The van der Waals surface area contributed by atoms with Crippen LogP contribution in [-0.4, -0.2) is 20.9 Å². The average Bonchev–Trinajstić information content (AvgIpc) is 2.61. The molecule has 0 bridgehead atoms. The zero-order valence-corrected chi connectivity index (χ0v) is 14.6. The van der Waals surface area contributed by atoms with Crippen LogP contribution in [0, 0.1) is 0 Å². The van der Waals surface area contributed by atoms with Crippen molar-refractivity contribution < 1.29 is 14.2 Å². The number of hydrogen-bond donors (Lipinski definition) is 1. The Labute approximate surface area is 146 Å². The fraction of sp³-hybridized carbons (Fsp3) is 0.167. The van der Waals surface area contributed by atoms with Gasteiger partial charge < -0.3 is 19.9 Å². The quantitative estimate of drug-likeness (QED) is 0.467. The minimum Gasteiger partial charge on any atom is -0.493 e. The molecule has 0 spiro atoms. The van der Waals surface area contributed by atoms with Crippen LogP contribution < -0.4 is 19.9 Å². The standard InChI is InChI=1S/C18H19ClN2O3/c1-5-16(24-11-6-7-14(20)13(19)8-11)12-9-17(22-3)18(23-4)10-15(12)21-2/h5-10H,2,20H2,1,3-4H3/b16-5+. The maximum atomic E-state index is 6.04. The van der Waals surface area contributed by atoms with Crippen molar-refractivity contribution in [3.05, 3.63) is 47.0 Å². The monoisotopic (exact) mass is 346 g/mol. The highest BCUT2D eigenvalue weighted by atomic mass is 35.5. The van der Waals surface area contributed by atoms with Gasteiger partial charge in [-0.25, -0.2) is 0 Å². The Morgan fingerprint density at radius 1 is 1.17 bits per heavy atom. The molecule has 0 atom stereocenters. The number of halogens is 1. The van der Waals surface area contributed by atoms with Crippen LogP contribution in [0.4, 0.5) is 11.4 Å². The van der Waals surface area contributed by atoms with E-state index in [4.69, 9.17) is 31.5 Å². The summed E-state index contributed by atoms with van der Waals surface area (Å²) in [5.74, 6) is 2.28. The van der Waals surface area contributed by atoms with Gasteiger partial charge in [0.15, 0.2) is 11.5 Å². The molecule has 0 aliphatic carbocycles. The molecule has 6 heteroatoms. The second-order valence-corrected chi connectivity index (χ2v) is 5.23. The van der Waals surface area contributed by atoms with Crippen LogP contribution in [0.5, 0.6) is 17.2 Å². The topological polar surface area (TPSA) is 66.1 Å². The number of nitrogens with zero attached hydrogens (tertiary/aromatic N) is 1. The van der Waals surface area contributed by atoms with Gasteiger partial charge >= 0.3 is 0 Å². The van der Waals surface area contributed by atoms with Gasteiger partial charge in [0.25, 0.3) is 0 Å². The second kappa shape index (κ2) is 7.75. The van der Waals surface area contributed by atoms with Crippen molar-refractivity contribution in [2.24, 2.45) is 4.99 Å². The van der Waals surface area contributed by atoms with Crippen molar-refractivity contribution in [3.8, 4) is 17.2 Å². The van der Waals surface area contributed by atoms with E-state index < -0.39 is 0 Å². The first-order valence-electron chi connectivity index (χ1n) is 7.16. The molecule has 24 heavy (non-hydrogen) atoms.